The second-order valence-corrected chi connectivity index (χ2v) is 7.09. The summed E-state index contributed by atoms with van der Waals surface area (Å²) in [5, 5.41) is 4.59. The number of alkyl halides is 3. The first-order valence-corrected chi connectivity index (χ1v) is 9.38. The fourth-order valence-corrected chi connectivity index (χ4v) is 2.98. The Morgan fingerprint density at radius 2 is 1.66 bits per heavy atom. The lowest BCUT2D eigenvalue weighted by Crippen LogP contribution is -2.45. The molecule has 168 valence electrons. The Morgan fingerprint density at radius 3 is 2.28 bits per heavy atom. The molecule has 0 saturated heterocycles. The highest BCUT2D eigenvalue weighted by Crippen LogP contribution is 2.25. The van der Waals surface area contributed by atoms with Gasteiger partial charge in [-0.25, -0.2) is 4.68 Å². The van der Waals surface area contributed by atoms with Crippen LogP contribution in [-0.4, -0.2) is 26.2 Å². The molecule has 1 aromatic carbocycles. The molecule has 3 rings (SSSR count). The van der Waals surface area contributed by atoms with Crippen LogP contribution >= 0.6 is 0 Å². The molecule has 12 heteroatoms. The van der Waals surface area contributed by atoms with Crippen molar-refractivity contribution in [2.75, 3.05) is 0 Å². The molecule has 9 nitrogen and oxygen atoms in total. The van der Waals surface area contributed by atoms with Gasteiger partial charge < -0.3 is 4.57 Å². The van der Waals surface area contributed by atoms with Crippen LogP contribution in [0.2, 0.25) is 0 Å². The molecule has 2 N–H and O–H groups in total. The smallest absolute Gasteiger partial charge is 0.306 e. The van der Waals surface area contributed by atoms with Crippen molar-refractivity contribution in [2.45, 2.75) is 32.6 Å². The quantitative estimate of drug-likeness (QED) is 0.588. The first-order valence-electron chi connectivity index (χ1n) is 9.38. The molecule has 0 bridgehead atoms. The summed E-state index contributed by atoms with van der Waals surface area (Å²) in [5.41, 5.74) is 0.816. The highest BCUT2D eigenvalue weighted by Gasteiger charge is 2.34. The van der Waals surface area contributed by atoms with Gasteiger partial charge in [-0.15, -0.1) is 0 Å². The lowest BCUT2D eigenvalue weighted by Gasteiger charge is -2.14. The third kappa shape index (κ3) is 4.53. The number of halogens is 3. The summed E-state index contributed by atoms with van der Waals surface area (Å²) >= 11 is 0. The average molecular weight is 449 g/mol. The van der Waals surface area contributed by atoms with Gasteiger partial charge in [0.1, 0.15) is 12.1 Å². The van der Waals surface area contributed by atoms with E-state index in [4.69, 9.17) is 0 Å². The van der Waals surface area contributed by atoms with Gasteiger partial charge >= 0.3 is 6.18 Å². The molecule has 0 atom stereocenters. The van der Waals surface area contributed by atoms with Gasteiger partial charge in [-0.3, -0.25) is 30.0 Å². The predicted octanol–water partition coefficient (Wildman–Crippen LogP) is 1.62. The summed E-state index contributed by atoms with van der Waals surface area (Å²) in [5.74, 6) is -1.79. The Bertz CT molecular complexity index is 1310. The van der Waals surface area contributed by atoms with Crippen LogP contribution in [0.15, 0.2) is 52.2 Å². The molecule has 2 aromatic heterocycles. The molecule has 3 aromatic rings. The van der Waals surface area contributed by atoms with Crippen LogP contribution in [0.4, 0.5) is 13.2 Å². The van der Waals surface area contributed by atoms with Crippen molar-refractivity contribution in [3.05, 3.63) is 74.6 Å². The largest absolute Gasteiger partial charge is 0.421 e. The Balaban J connectivity index is 1.81. The van der Waals surface area contributed by atoms with E-state index in [-0.39, 0.29) is 28.1 Å². The number of pyridine rings is 1. The number of fused-ring (bicyclic) bond motifs is 1. The summed E-state index contributed by atoms with van der Waals surface area (Å²) in [6, 6.07) is 7.55. The van der Waals surface area contributed by atoms with Crippen LogP contribution in [-0.2, 0) is 17.5 Å². The fourth-order valence-electron chi connectivity index (χ4n) is 2.98. The number of hydrogen-bond acceptors (Lipinski definition) is 5. The summed E-state index contributed by atoms with van der Waals surface area (Å²) in [6.45, 7) is 2.65. The molecule has 2 amide bonds. The molecule has 0 unspecified atom stereocenters. The van der Waals surface area contributed by atoms with Gasteiger partial charge in [-0.1, -0.05) is 18.2 Å². The van der Waals surface area contributed by atoms with Crippen molar-refractivity contribution >= 4 is 22.6 Å². The highest BCUT2D eigenvalue weighted by atomic mass is 19.4. The zero-order valence-corrected chi connectivity index (χ0v) is 16.9. The van der Waals surface area contributed by atoms with E-state index in [1.165, 1.54) is 12.1 Å². The first kappa shape index (κ1) is 22.7. The number of hydrogen-bond donors (Lipinski definition) is 2. The molecule has 0 spiro atoms. The number of nitrogens with one attached hydrogen (secondary N) is 2. The molecule has 0 radical (unpaired) electrons. The van der Waals surface area contributed by atoms with Gasteiger partial charge in [-0.05, 0) is 32.0 Å². The van der Waals surface area contributed by atoms with Gasteiger partial charge in [0, 0.05) is 11.6 Å². The van der Waals surface area contributed by atoms with Gasteiger partial charge in [0.25, 0.3) is 22.9 Å². The molecular formula is C20H18F3N5O4. The van der Waals surface area contributed by atoms with Crippen molar-refractivity contribution in [2.24, 2.45) is 0 Å². The summed E-state index contributed by atoms with van der Waals surface area (Å²) in [7, 11) is 0. The zero-order chi connectivity index (χ0) is 23.6. The van der Waals surface area contributed by atoms with E-state index in [1.807, 2.05) is 5.43 Å². The number of benzene rings is 1. The standard InChI is InChI=1S/C20H18F3N5O4/c1-11(2)28-18(31)13-7-4-3-6-12(13)16(26-28)17(30)25-24-15(29)10-27-9-5-8-14(19(27)32)20(21,22)23/h3-9,11H,10H2,1-2H3,(H,24,29)(H,25,30). The van der Waals surface area contributed by atoms with Crippen molar-refractivity contribution in [1.82, 2.24) is 25.2 Å². The number of aromatic nitrogens is 3. The maximum absolute atomic E-state index is 12.9. The van der Waals surface area contributed by atoms with E-state index in [9.17, 15) is 32.3 Å². The number of hydrazine groups is 1. The van der Waals surface area contributed by atoms with E-state index in [2.05, 4.69) is 10.5 Å². The van der Waals surface area contributed by atoms with Crippen molar-refractivity contribution < 1.29 is 22.8 Å². The zero-order valence-electron chi connectivity index (χ0n) is 16.9. The second kappa shape index (κ2) is 8.65. The molecule has 0 aliphatic carbocycles. The minimum Gasteiger partial charge on any atom is -0.306 e. The fraction of sp³-hybridized carbons (Fsp3) is 0.250. The molecule has 32 heavy (non-hydrogen) atoms. The van der Waals surface area contributed by atoms with E-state index >= 15 is 0 Å². The molecule has 0 fully saturated rings. The van der Waals surface area contributed by atoms with E-state index in [1.54, 1.807) is 26.0 Å². The molecular weight excluding hydrogens is 431 g/mol. The first-order chi connectivity index (χ1) is 15.0. The van der Waals surface area contributed by atoms with Crippen LogP contribution in [0, 0.1) is 0 Å². The normalized spacial score (nSPS) is 11.6. The number of carbonyl (C=O) groups excluding carboxylic acids is 2. The Hall–Kier alpha value is -3.96. The third-order valence-electron chi connectivity index (χ3n) is 4.49. The van der Waals surface area contributed by atoms with Crippen molar-refractivity contribution in [1.29, 1.82) is 0 Å². The average Bonchev–Trinajstić information content (AvgIpc) is 2.73. The maximum Gasteiger partial charge on any atom is 0.421 e. The SMILES string of the molecule is CC(C)n1nc(C(=O)NNC(=O)Cn2cccc(C(F)(F)F)c2=O)c2ccccc2c1=O. The topological polar surface area (TPSA) is 115 Å². The van der Waals surface area contributed by atoms with E-state index in [0.717, 1.165) is 16.9 Å². The number of amides is 2. The van der Waals surface area contributed by atoms with Gasteiger partial charge in [0.15, 0.2) is 5.69 Å². The van der Waals surface area contributed by atoms with Crippen molar-refractivity contribution in [3.8, 4) is 0 Å². The molecule has 2 heterocycles. The van der Waals surface area contributed by atoms with Crippen LogP contribution in [0.5, 0.6) is 0 Å². The lowest BCUT2D eigenvalue weighted by atomic mass is 10.1. The summed E-state index contributed by atoms with van der Waals surface area (Å²) in [6.07, 6.45) is -3.84. The Kier molecular flexibility index (Phi) is 6.14. The monoisotopic (exact) mass is 449 g/mol. The van der Waals surface area contributed by atoms with Crippen LogP contribution in [0.3, 0.4) is 0 Å². The highest BCUT2D eigenvalue weighted by molar-refractivity contribution is 6.05. The summed E-state index contributed by atoms with van der Waals surface area (Å²) < 4.78 is 40.2. The number of carbonyl (C=O) groups is 2. The van der Waals surface area contributed by atoms with E-state index < -0.39 is 35.7 Å². The predicted molar refractivity (Wildman–Crippen MR) is 108 cm³/mol. The van der Waals surface area contributed by atoms with Crippen LogP contribution in [0.25, 0.3) is 10.8 Å². The summed E-state index contributed by atoms with van der Waals surface area (Å²) in [4.78, 5) is 49.2. The lowest BCUT2D eigenvalue weighted by molar-refractivity contribution is -0.139. The number of nitrogens with zero attached hydrogens (tertiary/aromatic N) is 3. The second-order valence-electron chi connectivity index (χ2n) is 7.09. The molecule has 0 aliphatic heterocycles. The van der Waals surface area contributed by atoms with Gasteiger partial charge in [-0.2, -0.15) is 18.3 Å². The Labute approximate surface area is 178 Å². The van der Waals surface area contributed by atoms with E-state index in [0.29, 0.717) is 10.6 Å². The molecule has 0 saturated carbocycles. The van der Waals surface area contributed by atoms with Gasteiger partial charge in [0.2, 0.25) is 0 Å². The Morgan fingerprint density at radius 1 is 1.00 bits per heavy atom. The third-order valence-corrected chi connectivity index (χ3v) is 4.49. The van der Waals surface area contributed by atoms with Crippen LogP contribution in [0.1, 0.15) is 35.9 Å². The molecule has 0 aliphatic rings. The minimum atomic E-state index is -4.86. The van der Waals surface area contributed by atoms with Gasteiger partial charge in [0.05, 0.1) is 11.4 Å². The number of rotatable bonds is 4. The maximum atomic E-state index is 12.9. The van der Waals surface area contributed by atoms with Crippen LogP contribution < -0.4 is 22.0 Å². The van der Waals surface area contributed by atoms with Crippen molar-refractivity contribution in [3.63, 3.8) is 0 Å². The minimum absolute atomic E-state index is 0.134.